The minimum atomic E-state index is -1.36. The van der Waals surface area contributed by atoms with Gasteiger partial charge in [0.15, 0.2) is 6.29 Å². The van der Waals surface area contributed by atoms with Crippen molar-refractivity contribution in [2.24, 2.45) is 5.41 Å². The Morgan fingerprint density at radius 3 is 2.54 bits per heavy atom. The van der Waals surface area contributed by atoms with Crippen molar-refractivity contribution < 1.29 is 19.4 Å². The third kappa shape index (κ3) is 2.67. The van der Waals surface area contributed by atoms with E-state index in [0.717, 1.165) is 36.7 Å². The molecule has 1 aliphatic heterocycles. The molecule has 2 aliphatic rings. The van der Waals surface area contributed by atoms with Crippen molar-refractivity contribution in [2.75, 3.05) is 0 Å². The van der Waals surface area contributed by atoms with E-state index in [9.17, 15) is 14.7 Å². The topological polar surface area (TPSA) is 63.6 Å². The fourth-order valence-corrected chi connectivity index (χ4v) is 4.83. The second-order valence-corrected chi connectivity index (χ2v) is 8.41. The standard InChI is InChI=1S/C20H26O4/c1-12-15-14(20(4)9-5-8-19(2,3)11-20)7-6-13(10-21)16(15)18(23)24-17(12)22/h6-7,10,12,18,23H,5,8-9,11H2,1-4H3/t12-,18-,20+/m1/s1. The highest BCUT2D eigenvalue weighted by Gasteiger charge is 2.43. The second kappa shape index (κ2) is 5.69. The molecule has 1 heterocycles. The van der Waals surface area contributed by atoms with Crippen molar-refractivity contribution >= 4 is 12.3 Å². The number of carbonyl (C=O) groups excluding carboxylic acids is 2. The van der Waals surface area contributed by atoms with Gasteiger partial charge in [0.05, 0.1) is 5.92 Å². The number of ether oxygens (including phenoxy) is 1. The summed E-state index contributed by atoms with van der Waals surface area (Å²) < 4.78 is 5.04. The number of benzene rings is 1. The summed E-state index contributed by atoms with van der Waals surface area (Å²) >= 11 is 0. The summed E-state index contributed by atoms with van der Waals surface area (Å²) in [6, 6.07) is 3.73. The molecule has 0 unspecified atom stereocenters. The largest absolute Gasteiger partial charge is 0.431 e. The lowest BCUT2D eigenvalue weighted by Gasteiger charge is -2.45. The van der Waals surface area contributed by atoms with E-state index in [0.29, 0.717) is 11.1 Å². The molecule has 1 saturated carbocycles. The minimum absolute atomic E-state index is 0.0706. The Bertz CT molecular complexity index is 691. The molecule has 1 N–H and O–H groups in total. The van der Waals surface area contributed by atoms with E-state index in [1.165, 1.54) is 6.42 Å². The molecule has 0 amide bonds. The third-order valence-electron chi connectivity index (χ3n) is 5.81. The Labute approximate surface area is 143 Å². The Morgan fingerprint density at radius 2 is 1.92 bits per heavy atom. The number of cyclic esters (lactones) is 1. The molecule has 1 aromatic rings. The molecule has 130 valence electrons. The van der Waals surface area contributed by atoms with Crippen LogP contribution in [0.5, 0.6) is 0 Å². The van der Waals surface area contributed by atoms with Crippen LogP contribution in [0.15, 0.2) is 12.1 Å². The van der Waals surface area contributed by atoms with Crippen LogP contribution in [0.25, 0.3) is 0 Å². The number of hydrogen-bond acceptors (Lipinski definition) is 4. The van der Waals surface area contributed by atoms with E-state index in [4.69, 9.17) is 4.74 Å². The number of esters is 1. The van der Waals surface area contributed by atoms with Crippen molar-refractivity contribution in [3.05, 3.63) is 34.4 Å². The maximum atomic E-state index is 12.2. The average molecular weight is 330 g/mol. The maximum absolute atomic E-state index is 12.2. The number of aliphatic hydroxyl groups excluding tert-OH is 1. The summed E-state index contributed by atoms with van der Waals surface area (Å²) in [4.78, 5) is 23.6. The second-order valence-electron chi connectivity index (χ2n) is 8.41. The van der Waals surface area contributed by atoms with Gasteiger partial charge in [0.1, 0.15) is 0 Å². The highest BCUT2D eigenvalue weighted by Crippen LogP contribution is 2.51. The molecule has 1 aromatic carbocycles. The Kier molecular flexibility index (Phi) is 4.07. The fourth-order valence-electron chi connectivity index (χ4n) is 4.83. The van der Waals surface area contributed by atoms with Gasteiger partial charge in [0.25, 0.3) is 0 Å². The number of hydrogen-bond donors (Lipinski definition) is 1. The van der Waals surface area contributed by atoms with Crippen LogP contribution in [0.1, 0.15) is 92.6 Å². The van der Waals surface area contributed by atoms with Gasteiger partial charge in [-0.25, -0.2) is 0 Å². The number of carbonyl (C=O) groups is 2. The van der Waals surface area contributed by atoms with Gasteiger partial charge in [-0.1, -0.05) is 39.3 Å². The van der Waals surface area contributed by atoms with E-state index in [1.807, 2.05) is 6.07 Å². The molecule has 24 heavy (non-hydrogen) atoms. The van der Waals surface area contributed by atoms with Gasteiger partial charge < -0.3 is 9.84 Å². The highest BCUT2D eigenvalue weighted by molar-refractivity contribution is 5.86. The molecule has 0 radical (unpaired) electrons. The van der Waals surface area contributed by atoms with Crippen molar-refractivity contribution in [1.29, 1.82) is 0 Å². The Morgan fingerprint density at radius 1 is 1.21 bits per heavy atom. The lowest BCUT2D eigenvalue weighted by atomic mass is 9.60. The molecule has 3 atom stereocenters. The molecule has 0 aromatic heterocycles. The molecule has 3 rings (SSSR count). The first-order valence-corrected chi connectivity index (χ1v) is 8.69. The Hall–Kier alpha value is -1.68. The number of aldehydes is 1. The summed E-state index contributed by atoms with van der Waals surface area (Å²) in [7, 11) is 0. The maximum Gasteiger partial charge on any atom is 0.315 e. The smallest absolute Gasteiger partial charge is 0.315 e. The molecule has 0 spiro atoms. The van der Waals surface area contributed by atoms with Gasteiger partial charge in [-0.3, -0.25) is 9.59 Å². The zero-order valence-electron chi connectivity index (χ0n) is 14.9. The van der Waals surface area contributed by atoms with Gasteiger partial charge in [-0.2, -0.15) is 0 Å². The lowest BCUT2D eigenvalue weighted by molar-refractivity contribution is -0.174. The highest BCUT2D eigenvalue weighted by atomic mass is 16.6. The first-order chi connectivity index (χ1) is 11.2. The van der Waals surface area contributed by atoms with Crippen LogP contribution in [0.3, 0.4) is 0 Å². The van der Waals surface area contributed by atoms with E-state index >= 15 is 0 Å². The van der Waals surface area contributed by atoms with Crippen LogP contribution in [-0.4, -0.2) is 17.4 Å². The average Bonchev–Trinajstić information content (AvgIpc) is 2.50. The van der Waals surface area contributed by atoms with Gasteiger partial charge >= 0.3 is 5.97 Å². The van der Waals surface area contributed by atoms with Crippen molar-refractivity contribution in [1.82, 2.24) is 0 Å². The summed E-state index contributed by atoms with van der Waals surface area (Å²) in [5.41, 5.74) is 2.92. The van der Waals surface area contributed by atoms with Crippen molar-refractivity contribution in [3.8, 4) is 0 Å². The molecule has 4 heteroatoms. The van der Waals surface area contributed by atoms with Crippen molar-refractivity contribution in [3.63, 3.8) is 0 Å². The van der Waals surface area contributed by atoms with E-state index < -0.39 is 18.2 Å². The molecule has 1 fully saturated rings. The molecular formula is C20H26O4. The number of rotatable bonds is 2. The van der Waals surface area contributed by atoms with Gasteiger partial charge in [0.2, 0.25) is 6.29 Å². The molecule has 0 saturated heterocycles. The normalized spacial score (nSPS) is 32.0. The zero-order valence-corrected chi connectivity index (χ0v) is 14.9. The van der Waals surface area contributed by atoms with E-state index in [1.54, 1.807) is 13.0 Å². The van der Waals surface area contributed by atoms with Crippen LogP contribution in [-0.2, 0) is 14.9 Å². The Balaban J connectivity index is 2.21. The zero-order chi connectivity index (χ0) is 17.7. The van der Waals surface area contributed by atoms with E-state index in [-0.39, 0.29) is 10.8 Å². The van der Waals surface area contributed by atoms with Gasteiger partial charge in [0, 0.05) is 11.1 Å². The molecule has 1 aliphatic carbocycles. The molecule has 4 nitrogen and oxygen atoms in total. The van der Waals surface area contributed by atoms with Crippen LogP contribution in [0, 0.1) is 5.41 Å². The first-order valence-electron chi connectivity index (χ1n) is 8.69. The number of fused-ring (bicyclic) bond motifs is 1. The molecular weight excluding hydrogens is 304 g/mol. The van der Waals surface area contributed by atoms with Crippen molar-refractivity contribution in [2.45, 2.75) is 71.0 Å². The summed E-state index contributed by atoms with van der Waals surface area (Å²) in [6.07, 6.45) is 3.76. The van der Waals surface area contributed by atoms with Crippen LogP contribution in [0.4, 0.5) is 0 Å². The van der Waals surface area contributed by atoms with E-state index in [2.05, 4.69) is 20.8 Å². The van der Waals surface area contributed by atoms with Gasteiger partial charge in [-0.15, -0.1) is 0 Å². The monoisotopic (exact) mass is 330 g/mol. The lowest BCUT2D eigenvalue weighted by Crippen LogP contribution is -2.37. The summed E-state index contributed by atoms with van der Waals surface area (Å²) in [6.45, 7) is 8.60. The van der Waals surface area contributed by atoms with Crippen LogP contribution < -0.4 is 0 Å². The SMILES string of the molecule is C[C@H]1C(=O)O[C@@H](O)c2c(C=O)ccc([C@@]3(C)CCCC(C)(C)C3)c21. The number of aliphatic hydroxyl groups is 1. The summed E-state index contributed by atoms with van der Waals surface area (Å²) in [5, 5.41) is 10.3. The first kappa shape index (κ1) is 17.2. The summed E-state index contributed by atoms with van der Waals surface area (Å²) in [5.74, 6) is -0.905. The van der Waals surface area contributed by atoms with Gasteiger partial charge in [-0.05, 0) is 48.1 Å². The fraction of sp³-hybridized carbons (Fsp3) is 0.600. The predicted octanol–water partition coefficient (Wildman–Crippen LogP) is 4.01. The predicted molar refractivity (Wildman–Crippen MR) is 90.9 cm³/mol. The van der Waals surface area contributed by atoms with Crippen LogP contribution >= 0.6 is 0 Å². The minimum Gasteiger partial charge on any atom is -0.431 e. The molecule has 0 bridgehead atoms. The van der Waals surface area contributed by atoms with Crippen LogP contribution in [0.2, 0.25) is 0 Å². The quantitative estimate of drug-likeness (QED) is 0.657. The third-order valence-corrected chi connectivity index (χ3v) is 5.81.